The van der Waals surface area contributed by atoms with Crippen LogP contribution in [0.1, 0.15) is 30.5 Å². The van der Waals surface area contributed by atoms with Gasteiger partial charge in [0.15, 0.2) is 0 Å². The number of nitrogens with two attached hydrogens (primary N) is 1. The molecule has 1 fully saturated rings. The molecule has 0 aliphatic heterocycles. The van der Waals surface area contributed by atoms with E-state index in [1.54, 1.807) is 11.7 Å². The molecule has 18 heavy (non-hydrogen) atoms. The van der Waals surface area contributed by atoms with Gasteiger partial charge in [0.1, 0.15) is 11.6 Å². The van der Waals surface area contributed by atoms with E-state index < -0.39 is 0 Å². The number of hydrogen-bond donors (Lipinski definition) is 1. The van der Waals surface area contributed by atoms with Crippen molar-refractivity contribution in [2.75, 3.05) is 13.2 Å². The summed E-state index contributed by atoms with van der Waals surface area (Å²) >= 11 is 0. The van der Waals surface area contributed by atoms with E-state index in [4.69, 9.17) is 15.7 Å². The summed E-state index contributed by atoms with van der Waals surface area (Å²) in [4.78, 5) is 0. The van der Waals surface area contributed by atoms with E-state index in [1.165, 1.54) is 19.3 Å². The normalized spacial score (nSPS) is 23.0. The van der Waals surface area contributed by atoms with Crippen LogP contribution in [0.5, 0.6) is 5.88 Å². The van der Waals surface area contributed by atoms with Crippen molar-refractivity contribution in [3.05, 3.63) is 11.3 Å². The molecule has 2 N–H and O–H groups in total. The van der Waals surface area contributed by atoms with Gasteiger partial charge in [-0.25, -0.2) is 4.68 Å². The maximum Gasteiger partial charge on any atom is 0.230 e. The van der Waals surface area contributed by atoms with Gasteiger partial charge < -0.3 is 10.5 Å². The summed E-state index contributed by atoms with van der Waals surface area (Å²) in [5.41, 5.74) is 7.02. The first-order chi connectivity index (χ1) is 8.67. The van der Waals surface area contributed by atoms with Crippen molar-refractivity contribution >= 4 is 0 Å². The third-order valence-electron chi connectivity index (χ3n) is 3.83. The van der Waals surface area contributed by atoms with Gasteiger partial charge in [0.25, 0.3) is 0 Å². The van der Waals surface area contributed by atoms with E-state index >= 15 is 0 Å². The van der Waals surface area contributed by atoms with E-state index in [-0.39, 0.29) is 0 Å². The quantitative estimate of drug-likeness (QED) is 0.872. The molecule has 0 spiro atoms. The lowest BCUT2D eigenvalue weighted by molar-refractivity contribution is 0.202. The van der Waals surface area contributed by atoms with Crippen LogP contribution in [0, 0.1) is 30.1 Å². The SMILES string of the molecule is Cc1nn(C)c(OCC2CCCC2CN)c1C#N. The molecule has 2 rings (SSSR count). The Morgan fingerprint density at radius 2 is 2.22 bits per heavy atom. The minimum Gasteiger partial charge on any atom is -0.477 e. The molecule has 98 valence electrons. The molecule has 0 radical (unpaired) electrons. The molecule has 1 saturated carbocycles. The van der Waals surface area contributed by atoms with E-state index in [1.807, 2.05) is 6.92 Å². The highest BCUT2D eigenvalue weighted by molar-refractivity contribution is 5.41. The topological polar surface area (TPSA) is 76.9 Å². The molecule has 0 amide bonds. The molecule has 2 atom stereocenters. The monoisotopic (exact) mass is 248 g/mol. The second kappa shape index (κ2) is 5.40. The first-order valence-electron chi connectivity index (χ1n) is 6.44. The number of hydrogen-bond acceptors (Lipinski definition) is 4. The fraction of sp³-hybridized carbons (Fsp3) is 0.692. The lowest BCUT2D eigenvalue weighted by atomic mass is 9.97. The zero-order chi connectivity index (χ0) is 13.1. The van der Waals surface area contributed by atoms with E-state index in [0.717, 1.165) is 12.2 Å². The first kappa shape index (κ1) is 12.9. The molecule has 1 heterocycles. The Kier molecular flexibility index (Phi) is 3.87. The minimum absolute atomic E-state index is 0.511. The van der Waals surface area contributed by atoms with Gasteiger partial charge >= 0.3 is 0 Å². The highest BCUT2D eigenvalue weighted by Gasteiger charge is 2.27. The van der Waals surface area contributed by atoms with Gasteiger partial charge in [0.05, 0.1) is 12.3 Å². The Balaban J connectivity index is 2.04. The Morgan fingerprint density at radius 1 is 1.50 bits per heavy atom. The first-order valence-corrected chi connectivity index (χ1v) is 6.44. The maximum atomic E-state index is 9.10. The van der Waals surface area contributed by atoms with Crippen LogP contribution in [0.4, 0.5) is 0 Å². The molecule has 2 unspecified atom stereocenters. The summed E-state index contributed by atoms with van der Waals surface area (Å²) in [6.45, 7) is 3.18. The Labute approximate surface area is 108 Å². The van der Waals surface area contributed by atoms with Crippen LogP contribution < -0.4 is 10.5 Å². The summed E-state index contributed by atoms with van der Waals surface area (Å²) in [6.07, 6.45) is 3.59. The number of nitriles is 1. The van der Waals surface area contributed by atoms with Crippen molar-refractivity contribution in [2.45, 2.75) is 26.2 Å². The molecule has 0 bridgehead atoms. The Morgan fingerprint density at radius 3 is 2.89 bits per heavy atom. The van der Waals surface area contributed by atoms with Crippen LogP contribution in [0.15, 0.2) is 0 Å². The van der Waals surface area contributed by atoms with Crippen LogP contribution in [-0.4, -0.2) is 22.9 Å². The molecule has 5 nitrogen and oxygen atoms in total. The fourth-order valence-electron chi connectivity index (χ4n) is 2.76. The summed E-state index contributed by atoms with van der Waals surface area (Å²) in [5, 5.41) is 13.3. The van der Waals surface area contributed by atoms with Crippen molar-refractivity contribution in [2.24, 2.45) is 24.6 Å². The second-order valence-electron chi connectivity index (χ2n) is 5.00. The molecule has 0 aromatic carbocycles. The molecular formula is C13H20N4O. The van der Waals surface area contributed by atoms with Gasteiger partial charge in [0, 0.05) is 7.05 Å². The summed E-state index contributed by atoms with van der Waals surface area (Å²) in [7, 11) is 1.80. The predicted octanol–water partition coefficient (Wildman–Crippen LogP) is 1.35. The molecule has 0 saturated heterocycles. The highest BCUT2D eigenvalue weighted by atomic mass is 16.5. The van der Waals surface area contributed by atoms with Crippen molar-refractivity contribution < 1.29 is 4.74 Å². The van der Waals surface area contributed by atoms with Gasteiger partial charge in [-0.05, 0) is 38.1 Å². The third-order valence-corrected chi connectivity index (χ3v) is 3.83. The number of rotatable bonds is 4. The Hall–Kier alpha value is -1.54. The average Bonchev–Trinajstić information content (AvgIpc) is 2.90. The zero-order valence-electron chi connectivity index (χ0n) is 11.0. The molecule has 1 aliphatic carbocycles. The van der Waals surface area contributed by atoms with Crippen molar-refractivity contribution in [1.82, 2.24) is 9.78 Å². The summed E-state index contributed by atoms with van der Waals surface area (Å²) < 4.78 is 7.46. The lowest BCUT2D eigenvalue weighted by Gasteiger charge is -2.18. The molecule has 1 aromatic rings. The van der Waals surface area contributed by atoms with Gasteiger partial charge in [-0.1, -0.05) is 6.42 Å². The van der Waals surface area contributed by atoms with Crippen LogP contribution in [0.25, 0.3) is 0 Å². The third kappa shape index (κ3) is 2.34. The number of aryl methyl sites for hydroxylation is 2. The predicted molar refractivity (Wildman–Crippen MR) is 68.0 cm³/mol. The van der Waals surface area contributed by atoms with Crippen LogP contribution in [-0.2, 0) is 7.05 Å². The van der Waals surface area contributed by atoms with E-state index in [9.17, 15) is 0 Å². The number of ether oxygens (including phenoxy) is 1. The number of aromatic nitrogens is 2. The van der Waals surface area contributed by atoms with Gasteiger partial charge in [-0.15, -0.1) is 0 Å². The fourth-order valence-corrected chi connectivity index (χ4v) is 2.76. The van der Waals surface area contributed by atoms with Crippen LogP contribution >= 0.6 is 0 Å². The van der Waals surface area contributed by atoms with E-state index in [2.05, 4.69) is 11.2 Å². The zero-order valence-corrected chi connectivity index (χ0v) is 11.0. The van der Waals surface area contributed by atoms with Crippen LogP contribution in [0.3, 0.4) is 0 Å². The van der Waals surface area contributed by atoms with Crippen LogP contribution in [0.2, 0.25) is 0 Å². The van der Waals surface area contributed by atoms with Gasteiger partial charge in [-0.3, -0.25) is 0 Å². The highest BCUT2D eigenvalue weighted by Crippen LogP contribution is 2.32. The molecular weight excluding hydrogens is 228 g/mol. The lowest BCUT2D eigenvalue weighted by Crippen LogP contribution is -2.23. The van der Waals surface area contributed by atoms with E-state index in [0.29, 0.717) is 29.9 Å². The average molecular weight is 248 g/mol. The van der Waals surface area contributed by atoms with Crippen molar-refractivity contribution in [1.29, 1.82) is 5.26 Å². The standard InChI is InChI=1S/C13H20N4O/c1-9-12(7-15)13(17(2)16-9)18-8-11-5-3-4-10(11)6-14/h10-11H,3-6,8,14H2,1-2H3. The summed E-state index contributed by atoms with van der Waals surface area (Å²) in [5.74, 6) is 1.65. The maximum absolute atomic E-state index is 9.10. The summed E-state index contributed by atoms with van der Waals surface area (Å²) in [6, 6.07) is 2.15. The molecule has 1 aliphatic rings. The molecule has 5 heteroatoms. The molecule has 1 aromatic heterocycles. The smallest absolute Gasteiger partial charge is 0.230 e. The largest absolute Gasteiger partial charge is 0.477 e. The van der Waals surface area contributed by atoms with Gasteiger partial charge in [0.2, 0.25) is 5.88 Å². The van der Waals surface area contributed by atoms with Gasteiger partial charge in [-0.2, -0.15) is 10.4 Å². The van der Waals surface area contributed by atoms with Crippen molar-refractivity contribution in [3.8, 4) is 11.9 Å². The van der Waals surface area contributed by atoms with Crippen molar-refractivity contribution in [3.63, 3.8) is 0 Å². The Bertz CT molecular complexity index is 460. The minimum atomic E-state index is 0.511. The number of nitrogens with zero attached hydrogens (tertiary/aromatic N) is 3. The second-order valence-corrected chi connectivity index (χ2v) is 5.00.